The van der Waals surface area contributed by atoms with E-state index in [1.807, 2.05) is 95.2 Å². The highest BCUT2D eigenvalue weighted by molar-refractivity contribution is 5.50. The lowest BCUT2D eigenvalue weighted by Crippen LogP contribution is -2.54. The topological polar surface area (TPSA) is 259 Å². The van der Waals surface area contributed by atoms with Crippen LogP contribution in [0.5, 0.6) is 17.2 Å². The number of hydrogen-bond acceptors (Lipinski definition) is 12. The van der Waals surface area contributed by atoms with Crippen LogP contribution in [0.3, 0.4) is 0 Å². The van der Waals surface area contributed by atoms with Crippen LogP contribution >= 0.6 is 0 Å². The Morgan fingerprint density at radius 2 is 0.527 bits per heavy atom. The zero-order chi connectivity index (χ0) is 69.7. The molecule has 3 N–H and O–H groups in total. The number of benzene rings is 3. The molecular formula is C70H95N9O12. The molecule has 0 spiro atoms. The summed E-state index contributed by atoms with van der Waals surface area (Å²) in [5.74, 6) is 0.618. The van der Waals surface area contributed by atoms with E-state index in [1.165, 1.54) is 12.2 Å². The van der Waals surface area contributed by atoms with Gasteiger partial charge in [-0.3, -0.25) is 0 Å². The molecule has 0 bridgehead atoms. The summed E-state index contributed by atoms with van der Waals surface area (Å²) in [6.07, 6.45) is 2.86. The predicted molar refractivity (Wildman–Crippen MR) is 363 cm³/mol. The molecule has 0 unspecified atom stereocenters. The Hall–Kier alpha value is -9.27. The van der Waals surface area contributed by atoms with Crippen LogP contribution < -0.4 is 51.2 Å². The number of rotatable bonds is 18. The fourth-order valence-corrected chi connectivity index (χ4v) is 10.2. The highest BCUT2D eigenvalue weighted by Gasteiger charge is 2.29. The second kappa shape index (κ2) is 28.7. The first-order valence-corrected chi connectivity index (χ1v) is 29.9. The van der Waals surface area contributed by atoms with E-state index in [-0.39, 0.29) is 97.8 Å². The first-order valence-electron chi connectivity index (χ1n) is 29.9. The van der Waals surface area contributed by atoms with Crippen LogP contribution in [0.2, 0.25) is 0 Å². The maximum atomic E-state index is 13.2. The van der Waals surface area contributed by atoms with E-state index in [0.717, 1.165) is 63.4 Å². The van der Waals surface area contributed by atoms with Crippen molar-refractivity contribution in [1.29, 1.82) is 0 Å². The second-order valence-electron chi connectivity index (χ2n) is 27.9. The lowest BCUT2D eigenvalue weighted by atomic mass is 9.78. The van der Waals surface area contributed by atoms with Crippen LogP contribution in [0.4, 0.5) is 0 Å². The van der Waals surface area contributed by atoms with E-state index >= 15 is 0 Å². The van der Waals surface area contributed by atoms with Gasteiger partial charge in [0.2, 0.25) is 0 Å². The Labute approximate surface area is 531 Å². The van der Waals surface area contributed by atoms with E-state index in [9.17, 15) is 58.5 Å². The number of aromatic hydroxyl groups is 3. The molecule has 91 heavy (non-hydrogen) atoms. The highest BCUT2D eigenvalue weighted by atomic mass is 16.3. The average molecular weight is 1250 g/mol. The van der Waals surface area contributed by atoms with Crippen molar-refractivity contribution in [2.24, 2.45) is 0 Å². The third-order valence-electron chi connectivity index (χ3n) is 14.6. The van der Waals surface area contributed by atoms with E-state index in [4.69, 9.17) is 0 Å². The van der Waals surface area contributed by atoms with Gasteiger partial charge in [-0.25, -0.2) is 84.3 Å². The SMILES string of the molecule is C=C(C)Cn1c(=O)n(CC(=C)C)c(=O)n(Cc2cc(C(C)(C)C)c(O)c(C(C)(C)C)c2)c1=O.C=C(C)Cn1c(=O)n(CC(=C)C)c(=O)n(Cc2cc(C)c(O)c(C(C)(C)C)c2)c1=O.C=CCn1c(=O)n(CC=C)c(=O)n(Cc2cc(C)c(O)c(C(C)(C)C)c2)c1=O. The Balaban J connectivity index is 0.000000292. The number of hydrogen-bond donors (Lipinski definition) is 3. The standard InChI is InChI=1S/C26H37N3O4.C23H31N3O4.C21H27N3O4/c1-16(2)13-27-22(31)28(14-17(3)4)24(33)29(23(27)32)15-18-11-19(25(5,6)7)21(30)20(12-18)26(8,9)10;1-14(2)11-24-20(28)25(12-15(3)4)22(30)26(21(24)29)13-17-9-16(5)19(27)18(10-17)23(6,7)8;1-7-9-22-18(26)23(10-8-2)20(28)24(19(22)27)13-15-11-14(3)17(25)16(12-15)21(4,5)6/h11-12,30H,1,3,13-15H2,2,4-10H3;9-10,27H,1,3,11-13H2,2,4-8H3;7-8,11-12,25H,1-2,9-10,13H2,3-6H3. The number of phenols is 3. The third kappa shape index (κ3) is 17.6. The number of aryl methyl sites for hydroxylation is 2. The lowest BCUT2D eigenvalue weighted by Gasteiger charge is -2.28. The Morgan fingerprint density at radius 1 is 0.341 bits per heavy atom. The van der Waals surface area contributed by atoms with Crippen LogP contribution in [-0.2, 0) is 80.6 Å². The molecule has 21 heteroatoms. The van der Waals surface area contributed by atoms with Crippen LogP contribution in [-0.4, -0.2) is 56.4 Å². The van der Waals surface area contributed by atoms with Crippen molar-refractivity contribution in [3.8, 4) is 17.2 Å². The predicted octanol–water partition coefficient (Wildman–Crippen LogP) is 8.26. The van der Waals surface area contributed by atoms with Gasteiger partial charge in [0.1, 0.15) is 17.2 Å². The van der Waals surface area contributed by atoms with Gasteiger partial charge in [0.25, 0.3) is 0 Å². The normalized spacial score (nSPS) is 11.7. The quantitative estimate of drug-likeness (QED) is 0.0687. The number of phenolic OH excluding ortho intramolecular Hbond substituents is 3. The monoisotopic (exact) mass is 1250 g/mol. The zero-order valence-corrected chi connectivity index (χ0v) is 56.8. The van der Waals surface area contributed by atoms with Crippen LogP contribution in [0.15, 0.2) is 153 Å². The van der Waals surface area contributed by atoms with E-state index in [1.54, 1.807) is 65.8 Å². The molecule has 3 heterocycles. The van der Waals surface area contributed by atoms with Gasteiger partial charge in [-0.15, -0.1) is 13.2 Å². The van der Waals surface area contributed by atoms with Gasteiger partial charge in [0, 0.05) is 0 Å². The van der Waals surface area contributed by atoms with Crippen molar-refractivity contribution in [2.45, 2.75) is 205 Å². The van der Waals surface area contributed by atoms with Crippen LogP contribution in [0.25, 0.3) is 0 Å². The average Bonchev–Trinajstić information content (AvgIpc) is 0.850. The van der Waals surface area contributed by atoms with Gasteiger partial charge < -0.3 is 15.3 Å². The zero-order valence-electron chi connectivity index (χ0n) is 56.8. The van der Waals surface area contributed by atoms with Gasteiger partial charge in [-0.2, -0.15) is 0 Å². The van der Waals surface area contributed by atoms with Crippen LogP contribution in [0.1, 0.15) is 161 Å². The van der Waals surface area contributed by atoms with Crippen molar-refractivity contribution in [1.82, 2.24) is 41.1 Å². The molecule has 0 aliphatic heterocycles. The molecule has 6 rings (SSSR count). The minimum absolute atomic E-state index is 0.00304. The lowest BCUT2D eigenvalue weighted by molar-refractivity contribution is 0.422. The first kappa shape index (κ1) is 74.2. The Bertz CT molecular complexity index is 4260. The highest BCUT2D eigenvalue weighted by Crippen LogP contribution is 2.40. The molecule has 0 aliphatic carbocycles. The fraction of sp³-hybridized carbons (Fsp3) is 0.443. The smallest absolute Gasteiger partial charge is 0.336 e. The minimum Gasteiger partial charge on any atom is -0.507 e. The number of nitrogens with zero attached hydrogens (tertiary/aromatic N) is 9. The summed E-state index contributed by atoms with van der Waals surface area (Å²) in [7, 11) is 0. The molecule has 3 aromatic carbocycles. The first-order chi connectivity index (χ1) is 41.7. The second-order valence-corrected chi connectivity index (χ2v) is 27.9. The Morgan fingerprint density at radius 3 is 0.736 bits per heavy atom. The summed E-state index contributed by atoms with van der Waals surface area (Å²) in [6, 6.07) is 10.7. The largest absolute Gasteiger partial charge is 0.507 e. The fourth-order valence-electron chi connectivity index (χ4n) is 10.2. The number of allylic oxidation sites excluding steroid dienone is 6. The molecule has 0 atom stereocenters. The van der Waals surface area contributed by atoms with Gasteiger partial charge >= 0.3 is 51.2 Å². The maximum absolute atomic E-state index is 13.2. The van der Waals surface area contributed by atoms with E-state index in [2.05, 4.69) is 39.5 Å². The van der Waals surface area contributed by atoms with E-state index in [0.29, 0.717) is 50.1 Å². The molecule has 21 nitrogen and oxygen atoms in total. The van der Waals surface area contributed by atoms with Gasteiger partial charge in [0.15, 0.2) is 0 Å². The molecule has 492 valence electrons. The molecule has 0 amide bonds. The molecule has 3 aromatic heterocycles. The summed E-state index contributed by atoms with van der Waals surface area (Å²) < 4.78 is 9.17. The van der Waals surface area contributed by atoms with Crippen molar-refractivity contribution in [3.63, 3.8) is 0 Å². The van der Waals surface area contributed by atoms with Crippen molar-refractivity contribution in [3.05, 3.63) is 255 Å². The van der Waals surface area contributed by atoms with Crippen molar-refractivity contribution < 1.29 is 15.3 Å². The van der Waals surface area contributed by atoms with Crippen molar-refractivity contribution >= 4 is 0 Å². The molecule has 6 aromatic rings. The summed E-state index contributed by atoms with van der Waals surface area (Å²) in [4.78, 5) is 116. The van der Waals surface area contributed by atoms with Gasteiger partial charge in [-0.05, 0) is 138 Å². The number of aromatic nitrogens is 9. The maximum Gasteiger partial charge on any atom is 0.336 e. The van der Waals surface area contributed by atoms with Crippen molar-refractivity contribution in [2.75, 3.05) is 0 Å². The van der Waals surface area contributed by atoms with E-state index < -0.39 is 51.2 Å². The molecule has 0 radical (unpaired) electrons. The molecule has 0 saturated heterocycles. The van der Waals surface area contributed by atoms with Gasteiger partial charge in [-0.1, -0.05) is 156 Å². The van der Waals surface area contributed by atoms with Crippen LogP contribution in [0, 0.1) is 13.8 Å². The summed E-state index contributed by atoms with van der Waals surface area (Å²) in [5.41, 5.74) is 1.25. The summed E-state index contributed by atoms with van der Waals surface area (Å²) in [5, 5.41) is 31.8. The summed E-state index contributed by atoms with van der Waals surface area (Å²) >= 11 is 0. The molecule has 0 aliphatic rings. The molecule has 0 fully saturated rings. The third-order valence-corrected chi connectivity index (χ3v) is 14.6. The molecular weight excluding hydrogens is 1160 g/mol. The van der Waals surface area contributed by atoms with Gasteiger partial charge in [0.05, 0.1) is 58.9 Å². The Kier molecular flexibility index (Phi) is 23.4. The molecule has 0 saturated carbocycles. The summed E-state index contributed by atoms with van der Waals surface area (Å²) in [6.45, 7) is 56.5. The minimum atomic E-state index is -0.696.